The number of nitrogens with one attached hydrogen (secondary N) is 1. The fourth-order valence-corrected chi connectivity index (χ4v) is 5.23. The average molecular weight is 394 g/mol. The molecule has 2 heterocycles. The number of fused-ring (bicyclic) bond motifs is 1. The van der Waals surface area contributed by atoms with Crippen molar-refractivity contribution in [2.24, 2.45) is 11.8 Å². The number of nitrogens with zero attached hydrogens (tertiary/aromatic N) is 2. The first-order valence-corrected chi connectivity index (χ1v) is 11.5. The molecule has 0 radical (unpaired) electrons. The summed E-state index contributed by atoms with van der Waals surface area (Å²) in [5, 5.41) is 3.02. The maximum atomic E-state index is 12.9. The molecule has 0 unspecified atom stereocenters. The van der Waals surface area contributed by atoms with E-state index in [1.54, 1.807) is 12.1 Å². The molecule has 1 saturated heterocycles. The number of hydrogen-bond acceptors (Lipinski definition) is 4. The number of urea groups is 1. The van der Waals surface area contributed by atoms with Gasteiger partial charge in [-0.05, 0) is 24.5 Å². The lowest BCUT2D eigenvalue weighted by molar-refractivity contribution is 0.0776. The first-order chi connectivity index (χ1) is 12.9. The Bertz CT molecular complexity index is 822. The topological polar surface area (TPSA) is 79.0 Å². The zero-order valence-electron chi connectivity index (χ0n) is 15.7. The highest BCUT2D eigenvalue weighted by atomic mass is 32.2. The molecule has 4 rings (SSSR count). The van der Waals surface area contributed by atoms with Crippen molar-refractivity contribution in [2.75, 3.05) is 48.7 Å². The van der Waals surface area contributed by atoms with Crippen LogP contribution in [0.2, 0.25) is 0 Å². The van der Waals surface area contributed by atoms with Crippen molar-refractivity contribution < 1.29 is 17.9 Å². The minimum atomic E-state index is -3.31. The molecule has 1 aliphatic carbocycles. The Hall–Kier alpha value is -1.80. The highest BCUT2D eigenvalue weighted by molar-refractivity contribution is 7.92. The maximum absolute atomic E-state index is 12.9. The lowest BCUT2D eigenvalue weighted by atomic mass is 9.76. The molecule has 1 N–H and O–H groups in total. The van der Waals surface area contributed by atoms with E-state index in [0.717, 1.165) is 18.7 Å². The molecule has 3 aliphatic rings. The Kier molecular flexibility index (Phi) is 5.03. The molecule has 8 heteroatoms. The first kappa shape index (κ1) is 18.6. The van der Waals surface area contributed by atoms with E-state index in [1.165, 1.54) is 29.8 Å². The van der Waals surface area contributed by atoms with Gasteiger partial charge in [0.05, 0.1) is 25.2 Å². The van der Waals surface area contributed by atoms with Crippen molar-refractivity contribution in [3.05, 3.63) is 23.8 Å². The predicted molar refractivity (Wildman–Crippen MR) is 105 cm³/mol. The van der Waals surface area contributed by atoms with Crippen LogP contribution in [0.15, 0.2) is 18.2 Å². The molecule has 1 saturated carbocycles. The molecule has 2 amide bonds. The van der Waals surface area contributed by atoms with Crippen LogP contribution in [0, 0.1) is 11.8 Å². The zero-order chi connectivity index (χ0) is 19.0. The van der Waals surface area contributed by atoms with Crippen molar-refractivity contribution in [1.29, 1.82) is 0 Å². The minimum absolute atomic E-state index is 0.129. The van der Waals surface area contributed by atoms with Crippen LogP contribution in [0.4, 0.5) is 16.2 Å². The van der Waals surface area contributed by atoms with Gasteiger partial charge in [0.15, 0.2) is 0 Å². The van der Waals surface area contributed by atoms with E-state index in [-0.39, 0.29) is 6.03 Å². The van der Waals surface area contributed by atoms with Crippen LogP contribution in [-0.2, 0) is 21.2 Å². The highest BCUT2D eigenvalue weighted by Crippen LogP contribution is 2.36. The van der Waals surface area contributed by atoms with Gasteiger partial charge in [-0.3, -0.25) is 4.31 Å². The molecule has 2 fully saturated rings. The van der Waals surface area contributed by atoms with Crippen LogP contribution in [0.25, 0.3) is 0 Å². The van der Waals surface area contributed by atoms with Crippen molar-refractivity contribution in [2.45, 2.75) is 25.7 Å². The lowest BCUT2D eigenvalue weighted by Crippen LogP contribution is -2.41. The summed E-state index contributed by atoms with van der Waals surface area (Å²) in [7, 11) is -3.31. The smallest absolute Gasteiger partial charge is 0.321 e. The molecule has 7 nitrogen and oxygen atoms in total. The number of rotatable bonds is 3. The summed E-state index contributed by atoms with van der Waals surface area (Å²) in [5.41, 5.74) is 2.26. The number of hydrogen-bond donors (Lipinski definition) is 1. The molecule has 148 valence electrons. The molecule has 0 bridgehead atoms. The highest BCUT2D eigenvalue weighted by Gasteiger charge is 2.33. The summed E-state index contributed by atoms with van der Waals surface area (Å²) in [6.07, 6.45) is 5.56. The Labute approximate surface area is 160 Å². The molecule has 0 aromatic heterocycles. The number of amides is 2. The standard InChI is InChI=1S/C19H27N3O4S/c1-27(24,25)22-9-8-16-17(6-3-7-18(16)22)20-19(23)21-10-11-26-13-15(12-21)14-4-2-5-14/h3,6-7,14-15H,2,4-5,8-13H2,1H3,(H,20,23)/t15-/m0/s1. The molecule has 1 atom stereocenters. The van der Waals surface area contributed by atoms with Gasteiger partial charge in [0, 0.05) is 36.8 Å². The summed E-state index contributed by atoms with van der Waals surface area (Å²) in [4.78, 5) is 14.7. The summed E-state index contributed by atoms with van der Waals surface area (Å²) in [5.74, 6) is 1.08. The SMILES string of the molecule is CS(=O)(=O)N1CCc2c(NC(=O)N3CCOC[C@@H](C4CCC4)C3)cccc21. The Morgan fingerprint density at radius 2 is 2.04 bits per heavy atom. The van der Waals surface area contributed by atoms with E-state index < -0.39 is 10.0 Å². The Balaban J connectivity index is 1.49. The fraction of sp³-hybridized carbons (Fsp3) is 0.632. The summed E-state index contributed by atoms with van der Waals surface area (Å²) >= 11 is 0. The summed E-state index contributed by atoms with van der Waals surface area (Å²) in [6.45, 7) is 3.02. The second-order valence-corrected chi connectivity index (χ2v) is 9.70. The summed E-state index contributed by atoms with van der Waals surface area (Å²) < 4.78 is 31.1. The van der Waals surface area contributed by atoms with E-state index in [4.69, 9.17) is 4.74 Å². The second kappa shape index (κ2) is 7.31. The fourth-order valence-electron chi connectivity index (χ4n) is 4.28. The van der Waals surface area contributed by atoms with Gasteiger partial charge >= 0.3 is 6.03 Å². The second-order valence-electron chi connectivity index (χ2n) is 7.79. The quantitative estimate of drug-likeness (QED) is 0.855. The van der Waals surface area contributed by atoms with E-state index in [1.807, 2.05) is 11.0 Å². The van der Waals surface area contributed by atoms with Gasteiger partial charge in [-0.25, -0.2) is 13.2 Å². The molecular weight excluding hydrogens is 366 g/mol. The summed E-state index contributed by atoms with van der Waals surface area (Å²) in [6, 6.07) is 5.31. The number of benzene rings is 1. The van der Waals surface area contributed by atoms with Crippen LogP contribution in [0.1, 0.15) is 24.8 Å². The van der Waals surface area contributed by atoms with Gasteiger partial charge < -0.3 is 15.0 Å². The number of ether oxygens (including phenoxy) is 1. The van der Waals surface area contributed by atoms with Gasteiger partial charge in [0.25, 0.3) is 0 Å². The largest absolute Gasteiger partial charge is 0.379 e. The molecule has 0 spiro atoms. The molecule has 2 aliphatic heterocycles. The molecular formula is C19H27N3O4S. The molecule has 27 heavy (non-hydrogen) atoms. The van der Waals surface area contributed by atoms with Gasteiger partial charge in [0.1, 0.15) is 0 Å². The normalized spacial score (nSPS) is 23.5. The van der Waals surface area contributed by atoms with E-state index >= 15 is 0 Å². The number of sulfonamides is 1. The van der Waals surface area contributed by atoms with E-state index in [9.17, 15) is 13.2 Å². The maximum Gasteiger partial charge on any atom is 0.321 e. The lowest BCUT2D eigenvalue weighted by Gasteiger charge is -2.34. The third-order valence-electron chi connectivity index (χ3n) is 6.02. The first-order valence-electron chi connectivity index (χ1n) is 9.67. The van der Waals surface area contributed by atoms with Gasteiger partial charge in [-0.15, -0.1) is 0 Å². The van der Waals surface area contributed by atoms with Gasteiger partial charge in [0.2, 0.25) is 10.0 Å². The molecule has 1 aromatic carbocycles. The number of carbonyl (C=O) groups is 1. The monoisotopic (exact) mass is 393 g/mol. The van der Waals surface area contributed by atoms with Crippen molar-refractivity contribution in [1.82, 2.24) is 4.90 Å². The van der Waals surface area contributed by atoms with Crippen molar-refractivity contribution >= 4 is 27.4 Å². The van der Waals surface area contributed by atoms with Crippen LogP contribution < -0.4 is 9.62 Å². The third-order valence-corrected chi connectivity index (χ3v) is 7.20. The average Bonchev–Trinajstić information content (AvgIpc) is 2.87. The van der Waals surface area contributed by atoms with Crippen LogP contribution in [0.5, 0.6) is 0 Å². The van der Waals surface area contributed by atoms with Crippen LogP contribution in [0.3, 0.4) is 0 Å². The minimum Gasteiger partial charge on any atom is -0.379 e. The van der Waals surface area contributed by atoms with E-state index in [0.29, 0.717) is 49.3 Å². The number of anilines is 2. The molecule has 1 aromatic rings. The zero-order valence-corrected chi connectivity index (χ0v) is 16.5. The Morgan fingerprint density at radius 1 is 1.22 bits per heavy atom. The number of carbonyl (C=O) groups excluding carboxylic acids is 1. The van der Waals surface area contributed by atoms with Gasteiger partial charge in [-0.1, -0.05) is 25.3 Å². The predicted octanol–water partition coefficient (Wildman–Crippen LogP) is 2.29. The van der Waals surface area contributed by atoms with Crippen LogP contribution in [-0.4, -0.2) is 58.5 Å². The third kappa shape index (κ3) is 3.78. The van der Waals surface area contributed by atoms with Crippen molar-refractivity contribution in [3.63, 3.8) is 0 Å². The van der Waals surface area contributed by atoms with Crippen LogP contribution >= 0.6 is 0 Å². The van der Waals surface area contributed by atoms with Crippen molar-refractivity contribution in [3.8, 4) is 0 Å². The van der Waals surface area contributed by atoms with Gasteiger partial charge in [-0.2, -0.15) is 0 Å². The van der Waals surface area contributed by atoms with E-state index in [2.05, 4.69) is 5.32 Å². The Morgan fingerprint density at radius 3 is 2.74 bits per heavy atom.